The lowest BCUT2D eigenvalue weighted by atomic mass is 9.86. The van der Waals surface area contributed by atoms with Crippen molar-refractivity contribution in [2.75, 3.05) is 19.7 Å². The van der Waals surface area contributed by atoms with E-state index >= 15 is 0 Å². The van der Waals surface area contributed by atoms with Crippen LogP contribution in [-0.4, -0.2) is 49.2 Å². The first-order valence-electron chi connectivity index (χ1n) is 5.83. The van der Waals surface area contributed by atoms with Gasteiger partial charge in [0, 0.05) is 13.1 Å². The zero-order chi connectivity index (χ0) is 13.0. The van der Waals surface area contributed by atoms with Crippen LogP contribution >= 0.6 is 0 Å². The number of aliphatic hydroxyl groups excluding tert-OH is 1. The Kier molecular flexibility index (Phi) is 2.54. The van der Waals surface area contributed by atoms with Crippen LogP contribution in [0.1, 0.15) is 5.56 Å². The zero-order valence-corrected chi connectivity index (χ0v) is 10.9. The number of ether oxygens (including phenoxy) is 1. The molecule has 18 heavy (non-hydrogen) atoms. The summed E-state index contributed by atoms with van der Waals surface area (Å²) in [5.74, 6) is 0. The molecule has 1 spiro atoms. The van der Waals surface area contributed by atoms with E-state index < -0.39 is 21.7 Å². The highest BCUT2D eigenvalue weighted by Gasteiger charge is 2.59. The summed E-state index contributed by atoms with van der Waals surface area (Å²) in [6, 6.07) is 6.76. The van der Waals surface area contributed by atoms with E-state index in [0.717, 1.165) is 5.56 Å². The summed E-state index contributed by atoms with van der Waals surface area (Å²) >= 11 is 0. The average Bonchev–Trinajstić information content (AvgIpc) is 2.25. The number of hydrogen-bond donors (Lipinski definition) is 1. The molecule has 1 aromatic carbocycles. The van der Waals surface area contributed by atoms with Crippen molar-refractivity contribution in [1.82, 2.24) is 4.31 Å². The monoisotopic (exact) mass is 269 g/mol. The molecule has 1 aromatic rings. The van der Waals surface area contributed by atoms with Crippen LogP contribution in [0.3, 0.4) is 0 Å². The lowest BCUT2D eigenvalue weighted by Gasteiger charge is -2.56. The van der Waals surface area contributed by atoms with Crippen molar-refractivity contribution >= 4 is 10.0 Å². The smallest absolute Gasteiger partial charge is 0.243 e. The maximum absolute atomic E-state index is 12.2. The molecule has 2 aliphatic heterocycles. The number of sulfonamides is 1. The van der Waals surface area contributed by atoms with Gasteiger partial charge in [0.15, 0.2) is 0 Å². The maximum Gasteiger partial charge on any atom is 0.243 e. The second kappa shape index (κ2) is 3.77. The molecule has 5 nitrogen and oxygen atoms in total. The van der Waals surface area contributed by atoms with Crippen molar-refractivity contribution in [1.29, 1.82) is 0 Å². The predicted octanol–water partition coefficient (Wildman–Crippen LogP) is 0.129. The number of nitrogens with zero attached hydrogens (tertiary/aromatic N) is 1. The van der Waals surface area contributed by atoms with E-state index in [4.69, 9.17) is 4.74 Å². The molecule has 2 aliphatic rings. The first kappa shape index (κ1) is 12.1. The molecule has 2 saturated heterocycles. The van der Waals surface area contributed by atoms with Gasteiger partial charge in [0.25, 0.3) is 0 Å². The second-order valence-corrected chi connectivity index (χ2v) is 6.92. The van der Waals surface area contributed by atoms with Gasteiger partial charge < -0.3 is 9.84 Å². The van der Waals surface area contributed by atoms with Crippen LogP contribution in [0.5, 0.6) is 0 Å². The van der Waals surface area contributed by atoms with Crippen molar-refractivity contribution in [2.24, 2.45) is 0 Å². The van der Waals surface area contributed by atoms with E-state index in [-0.39, 0.29) is 18.0 Å². The first-order valence-corrected chi connectivity index (χ1v) is 7.27. The molecule has 0 saturated carbocycles. The summed E-state index contributed by atoms with van der Waals surface area (Å²) < 4.78 is 31.1. The highest BCUT2D eigenvalue weighted by Crippen LogP contribution is 2.39. The van der Waals surface area contributed by atoms with Crippen molar-refractivity contribution in [3.63, 3.8) is 0 Å². The van der Waals surface area contributed by atoms with Gasteiger partial charge in [-0.1, -0.05) is 17.7 Å². The Morgan fingerprint density at radius 2 is 1.94 bits per heavy atom. The Bertz CT molecular complexity index is 560. The number of benzene rings is 1. The molecular formula is C12H15NO4S. The molecule has 0 unspecified atom stereocenters. The highest BCUT2D eigenvalue weighted by molar-refractivity contribution is 7.89. The SMILES string of the molecule is Cc1ccc(S(=O)(=O)N2CC3(C2)OC[C@H]3O)cc1. The lowest BCUT2D eigenvalue weighted by molar-refractivity contribution is -0.277. The van der Waals surface area contributed by atoms with E-state index in [2.05, 4.69) is 0 Å². The molecule has 0 aromatic heterocycles. The van der Waals surface area contributed by atoms with Gasteiger partial charge in [-0.2, -0.15) is 4.31 Å². The minimum Gasteiger partial charge on any atom is -0.388 e. The Hall–Kier alpha value is -0.950. The highest BCUT2D eigenvalue weighted by atomic mass is 32.2. The summed E-state index contributed by atoms with van der Waals surface area (Å²) in [5.41, 5.74) is 0.379. The molecule has 3 rings (SSSR count). The molecule has 0 amide bonds. The first-order chi connectivity index (χ1) is 8.44. The number of hydrogen-bond acceptors (Lipinski definition) is 4. The second-order valence-electron chi connectivity index (χ2n) is 4.98. The van der Waals surface area contributed by atoms with Gasteiger partial charge in [0.2, 0.25) is 10.0 Å². The van der Waals surface area contributed by atoms with Crippen LogP contribution in [0.2, 0.25) is 0 Å². The van der Waals surface area contributed by atoms with Gasteiger partial charge in [0.05, 0.1) is 11.5 Å². The molecule has 2 fully saturated rings. The molecule has 0 aliphatic carbocycles. The van der Waals surface area contributed by atoms with Crippen LogP contribution in [0.15, 0.2) is 29.2 Å². The Morgan fingerprint density at radius 1 is 1.33 bits per heavy atom. The minimum atomic E-state index is -3.45. The molecule has 0 bridgehead atoms. The number of aliphatic hydroxyl groups is 1. The summed E-state index contributed by atoms with van der Waals surface area (Å²) in [7, 11) is -3.45. The largest absolute Gasteiger partial charge is 0.388 e. The Morgan fingerprint density at radius 3 is 2.39 bits per heavy atom. The third-order valence-electron chi connectivity index (χ3n) is 3.68. The Balaban J connectivity index is 1.79. The average molecular weight is 269 g/mol. The molecule has 0 radical (unpaired) electrons. The third kappa shape index (κ3) is 1.60. The molecule has 2 heterocycles. The fourth-order valence-corrected chi connectivity index (χ4v) is 3.83. The maximum atomic E-state index is 12.2. The quantitative estimate of drug-likeness (QED) is 0.828. The van der Waals surface area contributed by atoms with Gasteiger partial charge in [-0.15, -0.1) is 0 Å². The topological polar surface area (TPSA) is 66.8 Å². The van der Waals surface area contributed by atoms with Gasteiger partial charge in [-0.3, -0.25) is 0 Å². The third-order valence-corrected chi connectivity index (χ3v) is 5.49. The summed E-state index contributed by atoms with van der Waals surface area (Å²) in [5, 5.41) is 9.56. The van der Waals surface area contributed by atoms with E-state index in [0.29, 0.717) is 6.61 Å². The molecule has 98 valence electrons. The lowest BCUT2D eigenvalue weighted by Crippen LogP contribution is -2.76. The van der Waals surface area contributed by atoms with E-state index in [9.17, 15) is 13.5 Å². The van der Waals surface area contributed by atoms with Crippen molar-refractivity contribution < 1.29 is 18.3 Å². The zero-order valence-electron chi connectivity index (χ0n) is 10.0. The molecule has 1 atom stereocenters. The minimum absolute atomic E-state index is 0.240. The molecule has 6 heteroatoms. The van der Waals surface area contributed by atoms with Gasteiger partial charge in [-0.05, 0) is 19.1 Å². The summed E-state index contributed by atoms with van der Waals surface area (Å²) in [6.07, 6.45) is -0.540. The predicted molar refractivity (Wildman–Crippen MR) is 64.6 cm³/mol. The van der Waals surface area contributed by atoms with Gasteiger partial charge >= 0.3 is 0 Å². The van der Waals surface area contributed by atoms with Crippen molar-refractivity contribution in [3.05, 3.63) is 29.8 Å². The summed E-state index contributed by atoms with van der Waals surface area (Å²) in [4.78, 5) is 0.289. The van der Waals surface area contributed by atoms with Gasteiger partial charge in [-0.25, -0.2) is 8.42 Å². The van der Waals surface area contributed by atoms with Crippen LogP contribution in [0.25, 0.3) is 0 Å². The summed E-state index contributed by atoms with van der Waals surface area (Å²) in [6.45, 7) is 2.70. The number of aryl methyl sites for hydroxylation is 1. The van der Waals surface area contributed by atoms with Crippen LogP contribution < -0.4 is 0 Å². The molecule has 1 N–H and O–H groups in total. The van der Waals surface area contributed by atoms with E-state index in [1.54, 1.807) is 24.3 Å². The van der Waals surface area contributed by atoms with Crippen LogP contribution in [0.4, 0.5) is 0 Å². The van der Waals surface area contributed by atoms with E-state index in [1.807, 2.05) is 6.92 Å². The fraction of sp³-hybridized carbons (Fsp3) is 0.500. The standard InChI is InChI=1S/C12H15NO4S/c1-9-2-4-10(5-3-9)18(15,16)13-7-12(8-13)11(14)6-17-12/h2-5,11,14H,6-8H2,1H3/t11-/m1/s1. The van der Waals surface area contributed by atoms with Crippen molar-refractivity contribution in [2.45, 2.75) is 23.5 Å². The van der Waals surface area contributed by atoms with Crippen LogP contribution in [-0.2, 0) is 14.8 Å². The Labute approximate surface area is 106 Å². The van der Waals surface area contributed by atoms with Crippen LogP contribution in [0, 0.1) is 6.92 Å². The normalized spacial score (nSPS) is 26.7. The fourth-order valence-electron chi connectivity index (χ4n) is 2.28. The molecular weight excluding hydrogens is 254 g/mol. The van der Waals surface area contributed by atoms with E-state index in [1.165, 1.54) is 4.31 Å². The van der Waals surface area contributed by atoms with Gasteiger partial charge in [0.1, 0.15) is 11.7 Å². The number of rotatable bonds is 2. The van der Waals surface area contributed by atoms with Crippen molar-refractivity contribution in [3.8, 4) is 0 Å².